The van der Waals surface area contributed by atoms with Gasteiger partial charge in [0, 0.05) is 17.6 Å². The summed E-state index contributed by atoms with van der Waals surface area (Å²) in [4.78, 5) is 4.42. The third-order valence-electron chi connectivity index (χ3n) is 4.97. The Morgan fingerprint density at radius 1 is 1.25 bits per heavy atom. The van der Waals surface area contributed by atoms with Crippen LogP contribution in [0.4, 0.5) is 4.39 Å². The van der Waals surface area contributed by atoms with E-state index >= 15 is 0 Å². The smallest absolute Gasteiger partial charge is 0.298 e. The van der Waals surface area contributed by atoms with Crippen molar-refractivity contribution in [3.8, 4) is 5.75 Å². The minimum absolute atomic E-state index is 0.0680. The molecule has 7 nitrogen and oxygen atoms in total. The van der Waals surface area contributed by atoms with Crippen molar-refractivity contribution in [2.24, 2.45) is 5.73 Å². The molecule has 0 spiro atoms. The zero-order valence-corrected chi connectivity index (χ0v) is 19.1. The highest BCUT2D eigenvalue weighted by atomic mass is 32.2. The molecular weight excluding hydrogens is 435 g/mol. The number of aryl methyl sites for hydroxylation is 1. The van der Waals surface area contributed by atoms with Gasteiger partial charge in [0.1, 0.15) is 17.9 Å². The van der Waals surface area contributed by atoms with Crippen LogP contribution in [0.5, 0.6) is 5.75 Å². The highest BCUT2D eigenvalue weighted by Crippen LogP contribution is 2.27. The number of rotatable bonds is 10. The van der Waals surface area contributed by atoms with Crippen LogP contribution in [0, 0.1) is 6.92 Å². The summed E-state index contributed by atoms with van der Waals surface area (Å²) >= 11 is 0. The number of halogens is 1. The monoisotopic (exact) mass is 462 g/mol. The normalized spacial score (nSPS) is 14.5. The van der Waals surface area contributed by atoms with Gasteiger partial charge >= 0.3 is 0 Å². The number of hydrogen-bond donors (Lipinski definition) is 1. The Labute approximate surface area is 187 Å². The molecule has 9 heteroatoms. The average molecular weight is 463 g/mol. The third kappa shape index (κ3) is 5.73. The van der Waals surface area contributed by atoms with Crippen LogP contribution in [0.3, 0.4) is 0 Å². The second kappa shape index (κ2) is 10.2. The predicted molar refractivity (Wildman–Crippen MR) is 119 cm³/mol. The lowest BCUT2D eigenvalue weighted by atomic mass is 10.1. The molecule has 0 radical (unpaired) electrons. The molecule has 2 atom stereocenters. The minimum Gasteiger partial charge on any atom is -0.489 e. The molecule has 32 heavy (non-hydrogen) atoms. The van der Waals surface area contributed by atoms with E-state index in [0.717, 1.165) is 18.4 Å². The molecule has 0 aliphatic rings. The minimum atomic E-state index is -4.16. The van der Waals surface area contributed by atoms with Gasteiger partial charge in [0.05, 0.1) is 11.2 Å². The Morgan fingerprint density at radius 3 is 2.62 bits per heavy atom. The van der Waals surface area contributed by atoms with Crippen LogP contribution in [0.2, 0.25) is 0 Å². The van der Waals surface area contributed by atoms with E-state index in [1.807, 2.05) is 6.92 Å². The standard InChI is InChI=1S/C23H27FN2O5S/c1-4-5-16(3)23-26-20-11-8-18(12-21(20)30-23)29-14-17(13-24)22(25)31-32(27,28)19-9-6-15(2)7-10-19/h6-13,16,22H,4-5,14,25H2,1-3H3/b17-13+/t16-,22?/m0/s1. The van der Waals surface area contributed by atoms with Crippen LogP contribution in [-0.4, -0.2) is 26.2 Å². The summed E-state index contributed by atoms with van der Waals surface area (Å²) in [6.45, 7) is 5.67. The maximum absolute atomic E-state index is 13.4. The van der Waals surface area contributed by atoms with Gasteiger partial charge in [0.2, 0.25) is 0 Å². The Bertz CT molecular complexity index is 1190. The van der Waals surface area contributed by atoms with E-state index in [4.69, 9.17) is 19.1 Å². The van der Waals surface area contributed by atoms with Gasteiger partial charge in [-0.05, 0) is 37.6 Å². The Hall–Kier alpha value is -2.75. The van der Waals surface area contributed by atoms with Crippen LogP contribution >= 0.6 is 0 Å². The van der Waals surface area contributed by atoms with Gasteiger partial charge in [-0.1, -0.05) is 38.0 Å². The fourth-order valence-electron chi connectivity index (χ4n) is 3.08. The van der Waals surface area contributed by atoms with E-state index in [2.05, 4.69) is 18.8 Å². The Kier molecular flexibility index (Phi) is 7.65. The molecule has 0 aliphatic heterocycles. The molecule has 1 heterocycles. The fourth-order valence-corrected chi connectivity index (χ4v) is 4.06. The molecular formula is C23H27FN2O5S. The average Bonchev–Trinajstić information content (AvgIpc) is 3.18. The number of nitrogens with two attached hydrogens (primary N) is 1. The molecule has 3 rings (SSSR count). The molecule has 1 unspecified atom stereocenters. The van der Waals surface area contributed by atoms with Crippen LogP contribution in [0.15, 0.2) is 63.7 Å². The number of nitrogens with zero attached hydrogens (tertiary/aromatic N) is 1. The van der Waals surface area contributed by atoms with Crippen molar-refractivity contribution in [3.63, 3.8) is 0 Å². The van der Waals surface area contributed by atoms with Gasteiger partial charge in [-0.2, -0.15) is 8.42 Å². The maximum atomic E-state index is 13.4. The molecule has 0 aliphatic carbocycles. The summed E-state index contributed by atoms with van der Waals surface area (Å²) in [6, 6.07) is 11.1. The lowest BCUT2D eigenvalue weighted by Gasteiger charge is -2.16. The highest BCUT2D eigenvalue weighted by Gasteiger charge is 2.23. The van der Waals surface area contributed by atoms with E-state index < -0.39 is 16.3 Å². The number of fused-ring (bicyclic) bond motifs is 1. The van der Waals surface area contributed by atoms with Crippen molar-refractivity contribution in [2.75, 3.05) is 6.61 Å². The van der Waals surface area contributed by atoms with Crippen molar-refractivity contribution in [1.82, 2.24) is 4.98 Å². The van der Waals surface area contributed by atoms with Gasteiger partial charge in [-0.3, -0.25) is 0 Å². The van der Waals surface area contributed by atoms with E-state index in [1.54, 1.807) is 30.3 Å². The lowest BCUT2D eigenvalue weighted by Crippen LogP contribution is -2.31. The molecule has 0 saturated heterocycles. The molecule has 2 N–H and O–H groups in total. The van der Waals surface area contributed by atoms with Crippen LogP contribution in [-0.2, 0) is 14.3 Å². The third-order valence-corrected chi connectivity index (χ3v) is 6.28. The van der Waals surface area contributed by atoms with Crippen LogP contribution in [0.25, 0.3) is 11.1 Å². The summed E-state index contributed by atoms with van der Waals surface area (Å²) in [5.41, 5.74) is 7.75. The van der Waals surface area contributed by atoms with E-state index in [-0.39, 0.29) is 29.3 Å². The number of hydrogen-bond acceptors (Lipinski definition) is 7. The first kappa shape index (κ1) is 23.9. The molecule has 0 fully saturated rings. The van der Waals surface area contributed by atoms with E-state index in [9.17, 15) is 12.8 Å². The molecule has 3 aromatic rings. The first-order valence-corrected chi connectivity index (χ1v) is 11.7. The number of aromatic nitrogens is 1. The summed E-state index contributed by atoms with van der Waals surface area (Å²) in [5.74, 6) is 1.25. The van der Waals surface area contributed by atoms with Crippen molar-refractivity contribution in [2.45, 2.75) is 50.7 Å². The Balaban J connectivity index is 1.66. The van der Waals surface area contributed by atoms with E-state index in [1.165, 1.54) is 12.1 Å². The van der Waals surface area contributed by atoms with Gasteiger partial charge in [0.25, 0.3) is 10.1 Å². The summed E-state index contributed by atoms with van der Waals surface area (Å²) < 4.78 is 54.6. The topological polar surface area (TPSA) is 105 Å². The summed E-state index contributed by atoms with van der Waals surface area (Å²) in [7, 11) is -4.16. The lowest BCUT2D eigenvalue weighted by molar-refractivity contribution is 0.224. The second-order valence-electron chi connectivity index (χ2n) is 7.63. The number of oxazole rings is 1. The summed E-state index contributed by atoms with van der Waals surface area (Å²) in [6.07, 6.45) is 0.632. The number of benzene rings is 2. The van der Waals surface area contributed by atoms with Crippen molar-refractivity contribution in [1.29, 1.82) is 0 Å². The van der Waals surface area contributed by atoms with Crippen molar-refractivity contribution < 1.29 is 26.1 Å². The summed E-state index contributed by atoms with van der Waals surface area (Å²) in [5, 5.41) is 0. The molecule has 172 valence electrons. The van der Waals surface area contributed by atoms with Crippen LogP contribution < -0.4 is 10.5 Å². The molecule has 0 bridgehead atoms. The van der Waals surface area contributed by atoms with Gasteiger partial charge in [0.15, 0.2) is 17.7 Å². The first-order valence-electron chi connectivity index (χ1n) is 10.3. The largest absolute Gasteiger partial charge is 0.489 e. The van der Waals surface area contributed by atoms with Gasteiger partial charge in [-0.15, -0.1) is 0 Å². The molecule has 2 aromatic carbocycles. The van der Waals surface area contributed by atoms with Crippen molar-refractivity contribution in [3.05, 3.63) is 65.8 Å². The second-order valence-corrected chi connectivity index (χ2v) is 9.20. The van der Waals surface area contributed by atoms with Crippen LogP contribution in [0.1, 0.15) is 44.1 Å². The fraction of sp³-hybridized carbons (Fsp3) is 0.348. The molecule has 0 amide bonds. The van der Waals surface area contributed by atoms with Gasteiger partial charge < -0.3 is 14.9 Å². The SMILES string of the molecule is CCC[C@H](C)c1nc2ccc(OC/C(=C\F)C(N)OS(=O)(=O)c3ccc(C)cc3)cc2o1. The Morgan fingerprint density at radius 2 is 1.97 bits per heavy atom. The quantitative estimate of drug-likeness (QED) is 0.335. The number of ether oxygens (including phenoxy) is 1. The zero-order valence-electron chi connectivity index (χ0n) is 18.2. The van der Waals surface area contributed by atoms with Crippen molar-refractivity contribution >= 4 is 21.2 Å². The van der Waals surface area contributed by atoms with E-state index in [0.29, 0.717) is 22.7 Å². The van der Waals surface area contributed by atoms with Gasteiger partial charge in [-0.25, -0.2) is 13.6 Å². The molecule has 1 aromatic heterocycles. The first-order chi connectivity index (χ1) is 15.2. The predicted octanol–water partition coefficient (Wildman–Crippen LogP) is 4.96. The maximum Gasteiger partial charge on any atom is 0.298 e. The molecule has 0 saturated carbocycles. The highest BCUT2D eigenvalue weighted by molar-refractivity contribution is 7.86. The zero-order chi connectivity index (χ0) is 23.3.